The first-order chi connectivity index (χ1) is 10.2. The van der Waals surface area contributed by atoms with Gasteiger partial charge in [0.25, 0.3) is 0 Å². The van der Waals surface area contributed by atoms with Gasteiger partial charge in [-0.1, -0.05) is 0 Å². The lowest BCUT2D eigenvalue weighted by Crippen LogP contribution is -2.06. The van der Waals surface area contributed by atoms with Gasteiger partial charge in [-0.15, -0.1) is 0 Å². The number of rotatable bonds is 4. The van der Waals surface area contributed by atoms with Crippen LogP contribution in [0, 0.1) is 0 Å². The molecular weight excluding hydrogens is 330 g/mol. The zero-order valence-electron chi connectivity index (χ0n) is 12.2. The molecule has 0 atom stereocenters. The van der Waals surface area contributed by atoms with Crippen LogP contribution in [-0.4, -0.2) is 23.6 Å². The summed E-state index contributed by atoms with van der Waals surface area (Å²) in [5.74, 6) is 2.57. The maximum Gasteiger partial charge on any atom is 0.161 e. The van der Waals surface area contributed by atoms with Gasteiger partial charge < -0.3 is 10.1 Å². The average molecular weight is 348 g/mol. The van der Waals surface area contributed by atoms with Crippen molar-refractivity contribution in [2.45, 2.75) is 26.2 Å². The minimum atomic E-state index is 0.773. The molecule has 1 N–H and O–H groups in total. The first kappa shape index (κ1) is 14.3. The fraction of sp³-hybridized carbons (Fsp3) is 0.375. The lowest BCUT2D eigenvalue weighted by Gasteiger charge is -2.12. The summed E-state index contributed by atoms with van der Waals surface area (Å²) in [7, 11) is 1.66. The van der Waals surface area contributed by atoms with E-state index in [0.717, 1.165) is 53.2 Å². The SMILES string of the molecule is CCNc1nc(-c2ccc(OC)c(Br)c2)nc2c1CCC2. The van der Waals surface area contributed by atoms with E-state index in [-0.39, 0.29) is 0 Å². The Balaban J connectivity index is 2.06. The minimum absolute atomic E-state index is 0.773. The van der Waals surface area contributed by atoms with Gasteiger partial charge in [0.2, 0.25) is 0 Å². The molecule has 4 nitrogen and oxygen atoms in total. The number of anilines is 1. The molecule has 0 radical (unpaired) electrons. The minimum Gasteiger partial charge on any atom is -0.496 e. The van der Waals surface area contributed by atoms with E-state index >= 15 is 0 Å². The van der Waals surface area contributed by atoms with Gasteiger partial charge in [0, 0.05) is 23.4 Å². The number of hydrogen-bond acceptors (Lipinski definition) is 4. The fourth-order valence-corrected chi connectivity index (χ4v) is 3.22. The van der Waals surface area contributed by atoms with Crippen molar-refractivity contribution < 1.29 is 4.74 Å². The van der Waals surface area contributed by atoms with Gasteiger partial charge in [0.1, 0.15) is 11.6 Å². The van der Waals surface area contributed by atoms with Crippen LogP contribution in [0.3, 0.4) is 0 Å². The molecule has 21 heavy (non-hydrogen) atoms. The molecule has 0 aliphatic heterocycles. The van der Waals surface area contributed by atoms with Crippen molar-refractivity contribution in [1.82, 2.24) is 9.97 Å². The molecule has 2 aromatic rings. The first-order valence-corrected chi connectivity index (χ1v) is 7.99. The number of aromatic nitrogens is 2. The van der Waals surface area contributed by atoms with Gasteiger partial charge in [-0.25, -0.2) is 9.97 Å². The maximum absolute atomic E-state index is 5.27. The van der Waals surface area contributed by atoms with Crippen molar-refractivity contribution in [2.75, 3.05) is 19.0 Å². The highest BCUT2D eigenvalue weighted by Crippen LogP contribution is 2.32. The third-order valence-corrected chi connectivity index (χ3v) is 4.31. The highest BCUT2D eigenvalue weighted by Gasteiger charge is 2.19. The van der Waals surface area contributed by atoms with Gasteiger partial charge in [0.15, 0.2) is 5.82 Å². The lowest BCUT2D eigenvalue weighted by atomic mass is 10.1. The van der Waals surface area contributed by atoms with Gasteiger partial charge in [-0.05, 0) is 60.3 Å². The molecule has 1 heterocycles. The van der Waals surface area contributed by atoms with Crippen LogP contribution in [0.15, 0.2) is 22.7 Å². The topological polar surface area (TPSA) is 47.0 Å². The third-order valence-electron chi connectivity index (χ3n) is 3.69. The molecule has 5 heteroatoms. The Bertz CT molecular complexity index is 673. The molecular formula is C16H18BrN3O. The molecule has 0 amide bonds. The zero-order chi connectivity index (χ0) is 14.8. The number of ether oxygens (including phenoxy) is 1. The van der Waals surface area contributed by atoms with E-state index in [1.807, 2.05) is 18.2 Å². The van der Waals surface area contributed by atoms with Crippen LogP contribution in [0.4, 0.5) is 5.82 Å². The first-order valence-electron chi connectivity index (χ1n) is 7.20. The highest BCUT2D eigenvalue weighted by molar-refractivity contribution is 9.10. The normalized spacial score (nSPS) is 13.1. The number of benzene rings is 1. The van der Waals surface area contributed by atoms with Gasteiger partial charge in [-0.2, -0.15) is 0 Å². The van der Waals surface area contributed by atoms with Crippen LogP contribution in [0.5, 0.6) is 5.75 Å². The number of fused-ring (bicyclic) bond motifs is 1. The lowest BCUT2D eigenvalue weighted by molar-refractivity contribution is 0.412. The van der Waals surface area contributed by atoms with Crippen molar-refractivity contribution >= 4 is 21.7 Å². The van der Waals surface area contributed by atoms with Crippen LogP contribution in [0.1, 0.15) is 24.6 Å². The molecule has 0 unspecified atom stereocenters. The maximum atomic E-state index is 5.27. The molecule has 0 spiro atoms. The molecule has 1 aromatic heterocycles. The Morgan fingerprint density at radius 1 is 1.29 bits per heavy atom. The van der Waals surface area contributed by atoms with Gasteiger partial charge >= 0.3 is 0 Å². The van der Waals surface area contributed by atoms with E-state index in [2.05, 4.69) is 28.2 Å². The summed E-state index contributed by atoms with van der Waals surface area (Å²) in [4.78, 5) is 9.47. The molecule has 0 saturated heterocycles. The van der Waals surface area contributed by atoms with Crippen LogP contribution < -0.4 is 10.1 Å². The summed E-state index contributed by atoms with van der Waals surface area (Å²) < 4.78 is 6.19. The number of nitrogens with zero attached hydrogens (tertiary/aromatic N) is 2. The molecule has 1 aliphatic carbocycles. The second-order valence-corrected chi connectivity index (χ2v) is 5.91. The van der Waals surface area contributed by atoms with E-state index in [9.17, 15) is 0 Å². The molecule has 0 bridgehead atoms. The number of methoxy groups -OCH3 is 1. The number of hydrogen-bond donors (Lipinski definition) is 1. The molecule has 1 aliphatic rings. The fourth-order valence-electron chi connectivity index (χ4n) is 2.68. The van der Waals surface area contributed by atoms with E-state index in [0.29, 0.717) is 0 Å². The van der Waals surface area contributed by atoms with Crippen molar-refractivity contribution in [3.63, 3.8) is 0 Å². The summed E-state index contributed by atoms with van der Waals surface area (Å²) in [5, 5.41) is 3.37. The standard InChI is InChI=1S/C16H18BrN3O/c1-3-18-16-11-5-4-6-13(11)19-15(20-16)10-7-8-14(21-2)12(17)9-10/h7-9H,3-6H2,1-2H3,(H,18,19,20). The van der Waals surface area contributed by atoms with E-state index in [1.54, 1.807) is 7.11 Å². The van der Waals surface area contributed by atoms with E-state index in [4.69, 9.17) is 14.7 Å². The van der Waals surface area contributed by atoms with E-state index < -0.39 is 0 Å². The third kappa shape index (κ3) is 2.75. The Labute approximate surface area is 133 Å². The monoisotopic (exact) mass is 347 g/mol. The molecule has 1 aromatic carbocycles. The van der Waals surface area contributed by atoms with Gasteiger partial charge in [0.05, 0.1) is 11.6 Å². The molecule has 3 rings (SSSR count). The van der Waals surface area contributed by atoms with Crippen molar-refractivity contribution in [1.29, 1.82) is 0 Å². The smallest absolute Gasteiger partial charge is 0.161 e. The number of halogens is 1. The van der Waals surface area contributed by atoms with Crippen molar-refractivity contribution in [3.8, 4) is 17.1 Å². The van der Waals surface area contributed by atoms with Crippen LogP contribution in [0.2, 0.25) is 0 Å². The molecule has 110 valence electrons. The summed E-state index contributed by atoms with van der Waals surface area (Å²) in [6.07, 6.45) is 3.28. The Kier molecular flexibility index (Phi) is 4.10. The van der Waals surface area contributed by atoms with E-state index in [1.165, 1.54) is 11.3 Å². The van der Waals surface area contributed by atoms with Crippen LogP contribution in [0.25, 0.3) is 11.4 Å². The Morgan fingerprint density at radius 2 is 2.14 bits per heavy atom. The highest BCUT2D eigenvalue weighted by atomic mass is 79.9. The number of nitrogens with one attached hydrogen (secondary N) is 1. The predicted molar refractivity (Wildman–Crippen MR) is 87.9 cm³/mol. The zero-order valence-corrected chi connectivity index (χ0v) is 13.8. The second kappa shape index (κ2) is 6.02. The van der Waals surface area contributed by atoms with Crippen molar-refractivity contribution in [2.24, 2.45) is 0 Å². The summed E-state index contributed by atoms with van der Waals surface area (Å²) in [5.41, 5.74) is 3.47. The van der Waals surface area contributed by atoms with Gasteiger partial charge in [-0.3, -0.25) is 0 Å². The second-order valence-electron chi connectivity index (χ2n) is 5.05. The largest absolute Gasteiger partial charge is 0.496 e. The van der Waals surface area contributed by atoms with Crippen molar-refractivity contribution in [3.05, 3.63) is 33.9 Å². The Morgan fingerprint density at radius 3 is 2.86 bits per heavy atom. The molecule has 0 saturated carbocycles. The summed E-state index contributed by atoms with van der Waals surface area (Å²) in [6.45, 7) is 2.96. The number of aryl methyl sites for hydroxylation is 1. The van der Waals surface area contributed by atoms with Crippen LogP contribution in [-0.2, 0) is 12.8 Å². The van der Waals surface area contributed by atoms with Crippen LogP contribution >= 0.6 is 15.9 Å². The Hall–Kier alpha value is -1.62. The quantitative estimate of drug-likeness (QED) is 0.912. The average Bonchev–Trinajstić information content (AvgIpc) is 2.96. The molecule has 0 fully saturated rings. The predicted octanol–water partition coefficient (Wildman–Crippen LogP) is 3.84. The summed E-state index contributed by atoms with van der Waals surface area (Å²) in [6, 6.07) is 5.93. The summed E-state index contributed by atoms with van der Waals surface area (Å²) >= 11 is 3.52.